The molecule has 0 amide bonds. The predicted octanol–water partition coefficient (Wildman–Crippen LogP) is 5.10. The van der Waals surface area contributed by atoms with Crippen molar-refractivity contribution in [3.63, 3.8) is 0 Å². The first-order chi connectivity index (χ1) is 8.95. The summed E-state index contributed by atoms with van der Waals surface area (Å²) in [6.07, 6.45) is 0. The standard InChI is InChI=1S/C16H20BrNS/c1-16(2,3)15-9-8-14(19-15)11-18-10-12-4-6-13(17)7-5-12/h4-9,18H,10-11H2,1-3H3. The van der Waals surface area contributed by atoms with E-state index in [9.17, 15) is 0 Å². The van der Waals surface area contributed by atoms with Gasteiger partial charge in [-0.15, -0.1) is 11.3 Å². The van der Waals surface area contributed by atoms with Gasteiger partial charge >= 0.3 is 0 Å². The molecule has 1 nitrogen and oxygen atoms in total. The normalized spacial score (nSPS) is 11.8. The average Bonchev–Trinajstić information content (AvgIpc) is 2.80. The molecule has 0 radical (unpaired) electrons. The summed E-state index contributed by atoms with van der Waals surface area (Å²) in [5.74, 6) is 0. The number of rotatable bonds is 4. The average molecular weight is 338 g/mol. The first-order valence-electron chi connectivity index (χ1n) is 6.49. The molecule has 0 aliphatic heterocycles. The highest BCUT2D eigenvalue weighted by Gasteiger charge is 2.15. The van der Waals surface area contributed by atoms with E-state index in [2.05, 4.69) is 78.4 Å². The highest BCUT2D eigenvalue weighted by atomic mass is 79.9. The SMILES string of the molecule is CC(C)(C)c1ccc(CNCc2ccc(Br)cc2)s1. The van der Waals surface area contributed by atoms with E-state index >= 15 is 0 Å². The predicted molar refractivity (Wildman–Crippen MR) is 87.7 cm³/mol. The van der Waals surface area contributed by atoms with Crippen LogP contribution in [-0.2, 0) is 18.5 Å². The fourth-order valence-corrected chi connectivity index (χ4v) is 3.11. The second kappa shape index (κ2) is 6.21. The molecule has 1 N–H and O–H groups in total. The third-order valence-corrected chi connectivity index (χ3v) is 4.98. The van der Waals surface area contributed by atoms with Gasteiger partial charge in [-0.05, 0) is 35.2 Å². The zero-order chi connectivity index (χ0) is 13.9. The Morgan fingerprint density at radius 1 is 1.00 bits per heavy atom. The number of hydrogen-bond acceptors (Lipinski definition) is 2. The maximum Gasteiger partial charge on any atom is 0.0303 e. The number of halogens is 1. The molecule has 1 aromatic carbocycles. The highest BCUT2D eigenvalue weighted by molar-refractivity contribution is 9.10. The summed E-state index contributed by atoms with van der Waals surface area (Å²) >= 11 is 5.36. The van der Waals surface area contributed by atoms with Crippen LogP contribution in [0.5, 0.6) is 0 Å². The van der Waals surface area contributed by atoms with Crippen molar-refractivity contribution in [3.05, 3.63) is 56.2 Å². The van der Waals surface area contributed by atoms with E-state index in [1.165, 1.54) is 15.3 Å². The lowest BCUT2D eigenvalue weighted by Crippen LogP contribution is -2.11. The van der Waals surface area contributed by atoms with Crippen molar-refractivity contribution in [2.45, 2.75) is 39.3 Å². The van der Waals surface area contributed by atoms with Crippen molar-refractivity contribution in [2.24, 2.45) is 0 Å². The highest BCUT2D eigenvalue weighted by Crippen LogP contribution is 2.29. The maximum atomic E-state index is 3.50. The second-order valence-corrected chi connectivity index (χ2v) is 7.83. The quantitative estimate of drug-likeness (QED) is 0.818. The summed E-state index contributed by atoms with van der Waals surface area (Å²) in [4.78, 5) is 2.86. The summed E-state index contributed by atoms with van der Waals surface area (Å²) in [6.45, 7) is 8.64. The van der Waals surface area contributed by atoms with Crippen molar-refractivity contribution in [1.29, 1.82) is 0 Å². The van der Waals surface area contributed by atoms with Crippen LogP contribution in [0.15, 0.2) is 40.9 Å². The molecule has 0 saturated heterocycles. The molecule has 0 aliphatic carbocycles. The molecular weight excluding hydrogens is 318 g/mol. The van der Waals surface area contributed by atoms with E-state index in [0.717, 1.165) is 17.6 Å². The van der Waals surface area contributed by atoms with Gasteiger partial charge in [-0.1, -0.05) is 48.8 Å². The molecule has 2 aromatic rings. The number of thiophene rings is 1. The largest absolute Gasteiger partial charge is 0.308 e. The van der Waals surface area contributed by atoms with Crippen LogP contribution < -0.4 is 5.32 Å². The first-order valence-corrected chi connectivity index (χ1v) is 8.10. The van der Waals surface area contributed by atoms with Gasteiger partial charge in [0.25, 0.3) is 0 Å². The minimum atomic E-state index is 0.259. The van der Waals surface area contributed by atoms with Gasteiger partial charge < -0.3 is 5.32 Å². The summed E-state index contributed by atoms with van der Waals surface area (Å²) in [5.41, 5.74) is 1.57. The zero-order valence-electron chi connectivity index (χ0n) is 11.7. The minimum Gasteiger partial charge on any atom is -0.308 e. The van der Waals surface area contributed by atoms with E-state index < -0.39 is 0 Å². The Hall–Kier alpha value is -0.640. The van der Waals surface area contributed by atoms with Crippen LogP contribution in [0.25, 0.3) is 0 Å². The Kier molecular flexibility index (Phi) is 4.82. The molecule has 0 atom stereocenters. The van der Waals surface area contributed by atoms with Crippen LogP contribution in [-0.4, -0.2) is 0 Å². The first kappa shape index (κ1) is 14.8. The van der Waals surface area contributed by atoms with Gasteiger partial charge in [-0.25, -0.2) is 0 Å². The van der Waals surface area contributed by atoms with E-state index in [1.54, 1.807) is 0 Å². The van der Waals surface area contributed by atoms with Crippen LogP contribution in [0.1, 0.15) is 36.1 Å². The lowest BCUT2D eigenvalue weighted by atomic mass is 9.95. The molecule has 0 saturated carbocycles. The van der Waals surface area contributed by atoms with Crippen molar-refractivity contribution in [2.75, 3.05) is 0 Å². The van der Waals surface area contributed by atoms with Gasteiger partial charge in [-0.3, -0.25) is 0 Å². The van der Waals surface area contributed by atoms with Crippen molar-refractivity contribution in [1.82, 2.24) is 5.32 Å². The molecule has 1 aromatic heterocycles. The molecule has 1 heterocycles. The molecule has 0 fully saturated rings. The Morgan fingerprint density at radius 3 is 2.26 bits per heavy atom. The molecule has 0 unspecified atom stereocenters. The summed E-state index contributed by atoms with van der Waals surface area (Å²) < 4.78 is 1.13. The second-order valence-electron chi connectivity index (χ2n) is 5.75. The molecule has 0 aliphatic rings. The Labute approximate surface area is 128 Å². The number of hydrogen-bond donors (Lipinski definition) is 1. The van der Waals surface area contributed by atoms with Gasteiger partial charge in [0.05, 0.1) is 0 Å². The fraction of sp³-hybridized carbons (Fsp3) is 0.375. The molecule has 19 heavy (non-hydrogen) atoms. The summed E-state index contributed by atoms with van der Waals surface area (Å²) in [6, 6.07) is 12.9. The Balaban J connectivity index is 1.86. The summed E-state index contributed by atoms with van der Waals surface area (Å²) in [5, 5.41) is 3.50. The molecule has 2 rings (SSSR count). The van der Waals surface area contributed by atoms with Gasteiger partial charge in [-0.2, -0.15) is 0 Å². The Bertz CT molecular complexity index is 522. The van der Waals surface area contributed by atoms with E-state index in [1.807, 2.05) is 11.3 Å². The van der Waals surface area contributed by atoms with E-state index in [0.29, 0.717) is 0 Å². The lowest BCUT2D eigenvalue weighted by molar-refractivity contribution is 0.604. The van der Waals surface area contributed by atoms with Gasteiger partial charge in [0, 0.05) is 27.3 Å². The third-order valence-electron chi connectivity index (χ3n) is 2.94. The van der Waals surface area contributed by atoms with Crippen LogP contribution in [0.2, 0.25) is 0 Å². The third kappa shape index (κ3) is 4.44. The zero-order valence-corrected chi connectivity index (χ0v) is 14.1. The Morgan fingerprint density at radius 2 is 1.68 bits per heavy atom. The molecule has 0 spiro atoms. The molecule has 102 valence electrons. The van der Waals surface area contributed by atoms with E-state index in [4.69, 9.17) is 0 Å². The van der Waals surface area contributed by atoms with Crippen LogP contribution in [0, 0.1) is 0 Å². The van der Waals surface area contributed by atoms with Gasteiger partial charge in [0.2, 0.25) is 0 Å². The van der Waals surface area contributed by atoms with Crippen LogP contribution >= 0.6 is 27.3 Å². The van der Waals surface area contributed by atoms with Crippen molar-refractivity contribution >= 4 is 27.3 Å². The molecular formula is C16H20BrNS. The number of nitrogens with one attached hydrogen (secondary N) is 1. The molecule has 3 heteroatoms. The lowest BCUT2D eigenvalue weighted by Gasteiger charge is -2.15. The smallest absolute Gasteiger partial charge is 0.0303 e. The van der Waals surface area contributed by atoms with Gasteiger partial charge in [0.1, 0.15) is 0 Å². The molecule has 0 bridgehead atoms. The fourth-order valence-electron chi connectivity index (χ4n) is 1.81. The van der Waals surface area contributed by atoms with E-state index in [-0.39, 0.29) is 5.41 Å². The van der Waals surface area contributed by atoms with Crippen LogP contribution in [0.4, 0.5) is 0 Å². The maximum absolute atomic E-state index is 3.50. The van der Waals surface area contributed by atoms with Crippen LogP contribution in [0.3, 0.4) is 0 Å². The minimum absolute atomic E-state index is 0.259. The summed E-state index contributed by atoms with van der Waals surface area (Å²) in [7, 11) is 0. The van der Waals surface area contributed by atoms with Crippen molar-refractivity contribution in [3.8, 4) is 0 Å². The monoisotopic (exact) mass is 337 g/mol. The number of benzene rings is 1. The topological polar surface area (TPSA) is 12.0 Å². The van der Waals surface area contributed by atoms with Crippen molar-refractivity contribution < 1.29 is 0 Å². The van der Waals surface area contributed by atoms with Gasteiger partial charge in [0.15, 0.2) is 0 Å².